The molecule has 2 aliphatic heterocycles. The molecule has 2 heterocycles. The van der Waals surface area contributed by atoms with E-state index >= 15 is 0 Å². The molecular formula is C15H20N4O5S. The SMILES string of the molecule is NC(=O)C1CCCN1c1ccc([N+](=O)[O-])cc1S(=O)(=O)N1CCCC1. The van der Waals surface area contributed by atoms with E-state index in [0.717, 1.165) is 18.9 Å². The fourth-order valence-electron chi connectivity index (χ4n) is 3.48. The molecule has 1 aromatic carbocycles. The van der Waals surface area contributed by atoms with E-state index in [1.807, 2.05) is 0 Å². The summed E-state index contributed by atoms with van der Waals surface area (Å²) in [6.45, 7) is 1.27. The summed E-state index contributed by atoms with van der Waals surface area (Å²) in [5.41, 5.74) is 5.45. The molecule has 0 bridgehead atoms. The van der Waals surface area contributed by atoms with Gasteiger partial charge in [0.2, 0.25) is 15.9 Å². The molecule has 2 saturated heterocycles. The van der Waals surface area contributed by atoms with Gasteiger partial charge in [0.05, 0.1) is 10.6 Å². The van der Waals surface area contributed by atoms with Crippen molar-refractivity contribution in [1.82, 2.24) is 4.31 Å². The van der Waals surface area contributed by atoms with E-state index in [4.69, 9.17) is 5.73 Å². The summed E-state index contributed by atoms with van der Waals surface area (Å²) in [5.74, 6) is -0.527. The minimum Gasteiger partial charge on any atom is -0.368 e. The first-order chi connectivity index (χ1) is 11.8. The lowest BCUT2D eigenvalue weighted by atomic mass is 10.2. The quantitative estimate of drug-likeness (QED) is 0.606. The third-order valence-electron chi connectivity index (χ3n) is 4.73. The molecular weight excluding hydrogens is 348 g/mol. The van der Waals surface area contributed by atoms with Crippen molar-refractivity contribution in [3.8, 4) is 0 Å². The second-order valence-corrected chi connectivity index (χ2v) is 8.18. The normalized spacial score (nSPS) is 21.6. The minimum atomic E-state index is -3.88. The number of hydrogen-bond donors (Lipinski definition) is 1. The monoisotopic (exact) mass is 368 g/mol. The summed E-state index contributed by atoms with van der Waals surface area (Å²) in [4.78, 5) is 23.7. The van der Waals surface area contributed by atoms with Gasteiger partial charge in [0, 0.05) is 31.8 Å². The van der Waals surface area contributed by atoms with Gasteiger partial charge >= 0.3 is 0 Å². The molecule has 2 aliphatic rings. The van der Waals surface area contributed by atoms with Gasteiger partial charge in [0.1, 0.15) is 10.9 Å². The van der Waals surface area contributed by atoms with E-state index in [9.17, 15) is 23.3 Å². The fourth-order valence-corrected chi connectivity index (χ4v) is 5.22. The lowest BCUT2D eigenvalue weighted by Gasteiger charge is -2.27. The van der Waals surface area contributed by atoms with Crippen LogP contribution in [0.4, 0.5) is 11.4 Å². The van der Waals surface area contributed by atoms with Crippen LogP contribution in [-0.4, -0.2) is 49.2 Å². The first-order valence-corrected chi connectivity index (χ1v) is 9.61. The second kappa shape index (κ2) is 6.60. The van der Waals surface area contributed by atoms with Crippen LogP contribution < -0.4 is 10.6 Å². The van der Waals surface area contributed by atoms with Gasteiger partial charge in [-0.1, -0.05) is 0 Å². The third kappa shape index (κ3) is 3.19. The van der Waals surface area contributed by atoms with E-state index < -0.39 is 26.9 Å². The predicted molar refractivity (Wildman–Crippen MR) is 90.7 cm³/mol. The fraction of sp³-hybridized carbons (Fsp3) is 0.533. The summed E-state index contributed by atoms with van der Waals surface area (Å²) in [7, 11) is -3.88. The lowest BCUT2D eigenvalue weighted by Crippen LogP contribution is -2.41. The number of benzene rings is 1. The summed E-state index contributed by atoms with van der Waals surface area (Å²) >= 11 is 0. The van der Waals surface area contributed by atoms with Crippen LogP contribution in [0, 0.1) is 10.1 Å². The minimum absolute atomic E-state index is 0.128. The molecule has 2 fully saturated rings. The third-order valence-corrected chi connectivity index (χ3v) is 6.66. The Bertz CT molecular complexity index is 804. The molecule has 1 amide bonds. The van der Waals surface area contributed by atoms with Crippen LogP contribution in [0.15, 0.2) is 23.1 Å². The Balaban J connectivity index is 2.12. The smallest absolute Gasteiger partial charge is 0.270 e. The van der Waals surface area contributed by atoms with Crippen molar-refractivity contribution in [2.45, 2.75) is 36.6 Å². The number of nitro benzene ring substituents is 1. The van der Waals surface area contributed by atoms with Crippen molar-refractivity contribution in [3.63, 3.8) is 0 Å². The lowest BCUT2D eigenvalue weighted by molar-refractivity contribution is -0.385. The number of amides is 1. The van der Waals surface area contributed by atoms with Gasteiger partial charge in [0.25, 0.3) is 5.69 Å². The Hall–Kier alpha value is -2.20. The Morgan fingerprint density at radius 3 is 2.48 bits per heavy atom. The van der Waals surface area contributed by atoms with Crippen LogP contribution in [0.1, 0.15) is 25.7 Å². The first-order valence-electron chi connectivity index (χ1n) is 8.17. The van der Waals surface area contributed by atoms with Crippen LogP contribution in [0.5, 0.6) is 0 Å². The number of nitrogens with zero attached hydrogens (tertiary/aromatic N) is 3. The molecule has 9 nitrogen and oxygen atoms in total. The standard InChI is InChI=1S/C15H20N4O5S/c16-15(20)13-4-3-9-18(13)12-6-5-11(19(21)22)10-14(12)25(23,24)17-7-1-2-8-17/h5-6,10,13H,1-4,7-9H2,(H2,16,20). The zero-order valence-electron chi connectivity index (χ0n) is 13.6. The number of primary amides is 1. The largest absolute Gasteiger partial charge is 0.368 e. The Morgan fingerprint density at radius 2 is 1.88 bits per heavy atom. The maximum Gasteiger partial charge on any atom is 0.270 e. The average molecular weight is 368 g/mol. The average Bonchev–Trinajstić information content (AvgIpc) is 3.25. The van der Waals surface area contributed by atoms with Gasteiger partial charge in [-0.25, -0.2) is 8.42 Å². The summed E-state index contributed by atoms with van der Waals surface area (Å²) in [6.07, 6.45) is 2.76. The van der Waals surface area contributed by atoms with E-state index in [-0.39, 0.29) is 10.6 Å². The highest BCUT2D eigenvalue weighted by Gasteiger charge is 2.36. The summed E-state index contributed by atoms with van der Waals surface area (Å²) in [6, 6.07) is 3.14. The zero-order valence-corrected chi connectivity index (χ0v) is 14.4. The number of anilines is 1. The number of sulfonamides is 1. The molecule has 3 rings (SSSR count). The van der Waals surface area contributed by atoms with Crippen LogP contribution >= 0.6 is 0 Å². The summed E-state index contributed by atoms with van der Waals surface area (Å²) < 4.78 is 27.4. The molecule has 25 heavy (non-hydrogen) atoms. The molecule has 10 heteroatoms. The van der Waals surface area contributed by atoms with Gasteiger partial charge in [-0.2, -0.15) is 4.31 Å². The number of nitro groups is 1. The van der Waals surface area contributed by atoms with Crippen LogP contribution in [-0.2, 0) is 14.8 Å². The van der Waals surface area contributed by atoms with E-state index in [1.165, 1.54) is 16.4 Å². The van der Waals surface area contributed by atoms with Crippen molar-refractivity contribution >= 4 is 27.3 Å². The number of carbonyl (C=O) groups is 1. The van der Waals surface area contributed by atoms with Crippen molar-refractivity contribution in [1.29, 1.82) is 0 Å². The van der Waals surface area contributed by atoms with Gasteiger partial charge in [-0.15, -0.1) is 0 Å². The molecule has 1 aromatic rings. The molecule has 2 N–H and O–H groups in total. The van der Waals surface area contributed by atoms with Crippen molar-refractivity contribution in [2.24, 2.45) is 5.73 Å². The van der Waals surface area contributed by atoms with Gasteiger partial charge in [0.15, 0.2) is 0 Å². The summed E-state index contributed by atoms with van der Waals surface area (Å²) in [5, 5.41) is 11.1. The van der Waals surface area contributed by atoms with E-state index in [0.29, 0.717) is 38.2 Å². The molecule has 1 unspecified atom stereocenters. The highest BCUT2D eigenvalue weighted by molar-refractivity contribution is 7.89. The maximum atomic E-state index is 13.0. The maximum absolute atomic E-state index is 13.0. The van der Waals surface area contributed by atoms with Gasteiger partial charge in [-0.05, 0) is 31.7 Å². The number of non-ortho nitro benzene ring substituents is 1. The highest BCUT2D eigenvalue weighted by Crippen LogP contribution is 2.36. The first kappa shape index (κ1) is 17.6. The Morgan fingerprint density at radius 1 is 1.20 bits per heavy atom. The predicted octanol–water partition coefficient (Wildman–Crippen LogP) is 0.833. The zero-order chi connectivity index (χ0) is 18.2. The van der Waals surface area contributed by atoms with Crippen LogP contribution in [0.2, 0.25) is 0 Å². The molecule has 0 saturated carbocycles. The van der Waals surface area contributed by atoms with E-state index in [1.54, 1.807) is 4.90 Å². The second-order valence-electron chi connectivity index (χ2n) is 6.27. The number of rotatable bonds is 5. The van der Waals surface area contributed by atoms with Crippen LogP contribution in [0.25, 0.3) is 0 Å². The number of carbonyl (C=O) groups excluding carboxylic acids is 1. The molecule has 0 aromatic heterocycles. The van der Waals surface area contributed by atoms with Crippen molar-refractivity contribution in [2.75, 3.05) is 24.5 Å². The number of hydrogen-bond acceptors (Lipinski definition) is 6. The molecule has 0 aliphatic carbocycles. The van der Waals surface area contributed by atoms with Crippen LogP contribution in [0.3, 0.4) is 0 Å². The van der Waals surface area contributed by atoms with Crippen molar-refractivity contribution in [3.05, 3.63) is 28.3 Å². The molecule has 1 atom stereocenters. The number of nitrogens with two attached hydrogens (primary N) is 1. The van der Waals surface area contributed by atoms with Gasteiger partial charge < -0.3 is 10.6 Å². The molecule has 0 radical (unpaired) electrons. The Kier molecular flexibility index (Phi) is 4.65. The van der Waals surface area contributed by atoms with E-state index in [2.05, 4.69) is 0 Å². The molecule has 0 spiro atoms. The van der Waals surface area contributed by atoms with Crippen molar-refractivity contribution < 1.29 is 18.1 Å². The highest BCUT2D eigenvalue weighted by atomic mass is 32.2. The Labute approximate surface area is 145 Å². The topological polar surface area (TPSA) is 127 Å². The van der Waals surface area contributed by atoms with Gasteiger partial charge in [-0.3, -0.25) is 14.9 Å². The molecule has 136 valence electrons.